The molecule has 0 saturated heterocycles. The molecule has 0 amide bonds. The molecule has 2 N–H and O–H groups in total. The van der Waals surface area contributed by atoms with Crippen LogP contribution in [0.5, 0.6) is 17.2 Å². The summed E-state index contributed by atoms with van der Waals surface area (Å²) in [4.78, 5) is 0. The van der Waals surface area contributed by atoms with Crippen LogP contribution in [-0.2, 0) is 6.42 Å². The van der Waals surface area contributed by atoms with Crippen molar-refractivity contribution in [1.82, 2.24) is 0 Å². The van der Waals surface area contributed by atoms with Crippen molar-refractivity contribution in [3.63, 3.8) is 0 Å². The number of rotatable bonds is 9. The van der Waals surface area contributed by atoms with Crippen molar-refractivity contribution in [1.29, 1.82) is 0 Å². The Morgan fingerprint density at radius 1 is 0.767 bits per heavy atom. The van der Waals surface area contributed by atoms with Crippen molar-refractivity contribution in [3.8, 4) is 17.2 Å². The fraction of sp³-hybridized carbons (Fsp3) is 0.647. The predicted molar refractivity (Wildman–Crippen MR) is 86.8 cm³/mol. The maximum Gasteiger partial charge on any atom is 0.573 e. The minimum atomic E-state index is -5.60. The van der Waals surface area contributed by atoms with Gasteiger partial charge in [0.05, 0.1) is 0 Å². The second-order valence-electron chi connectivity index (χ2n) is 6.74. The monoisotopic (exact) mass is 457 g/mol. The van der Waals surface area contributed by atoms with E-state index in [9.17, 15) is 39.5 Å². The minimum Gasteiger partial charge on any atom is -0.402 e. The van der Waals surface area contributed by atoms with E-state index >= 15 is 0 Å². The SMILES string of the molecule is CC(CN)CC(C)CCc1ccc(OC(F)(F)F)c(OC(F)(F)F)c1OC(F)(F)F. The summed E-state index contributed by atoms with van der Waals surface area (Å²) in [5, 5.41) is 0. The zero-order chi connectivity index (χ0) is 23.3. The van der Waals surface area contributed by atoms with E-state index in [1.54, 1.807) is 6.92 Å². The molecule has 0 saturated carbocycles. The number of halogens is 9. The zero-order valence-electron chi connectivity index (χ0n) is 15.8. The Balaban J connectivity index is 3.37. The van der Waals surface area contributed by atoms with Gasteiger partial charge in [-0.25, -0.2) is 0 Å². The van der Waals surface area contributed by atoms with Gasteiger partial charge in [-0.15, -0.1) is 39.5 Å². The van der Waals surface area contributed by atoms with E-state index in [-0.39, 0.29) is 24.7 Å². The van der Waals surface area contributed by atoms with E-state index in [1.165, 1.54) is 0 Å². The average Bonchev–Trinajstić information content (AvgIpc) is 2.53. The molecule has 2 unspecified atom stereocenters. The molecule has 0 aliphatic carbocycles. The van der Waals surface area contributed by atoms with E-state index in [0.717, 1.165) is 6.07 Å². The Labute approximate surface area is 166 Å². The summed E-state index contributed by atoms with van der Waals surface area (Å²) in [6.07, 6.45) is -16.0. The fourth-order valence-corrected chi connectivity index (χ4v) is 2.73. The first kappa shape index (κ1) is 26.0. The highest BCUT2D eigenvalue weighted by Crippen LogP contribution is 2.47. The lowest BCUT2D eigenvalue weighted by Gasteiger charge is -2.22. The van der Waals surface area contributed by atoms with Gasteiger partial charge in [0.1, 0.15) is 0 Å². The number of benzene rings is 1. The van der Waals surface area contributed by atoms with E-state index in [1.807, 2.05) is 6.92 Å². The van der Waals surface area contributed by atoms with Crippen molar-refractivity contribution >= 4 is 0 Å². The molecule has 0 heterocycles. The smallest absolute Gasteiger partial charge is 0.402 e. The fourth-order valence-electron chi connectivity index (χ4n) is 2.73. The summed E-state index contributed by atoms with van der Waals surface area (Å²) >= 11 is 0. The Morgan fingerprint density at radius 3 is 1.73 bits per heavy atom. The molecule has 1 aromatic rings. The Morgan fingerprint density at radius 2 is 1.27 bits per heavy atom. The van der Waals surface area contributed by atoms with Crippen molar-refractivity contribution in [3.05, 3.63) is 17.7 Å². The Hall–Kier alpha value is -2.05. The molecule has 174 valence electrons. The molecule has 0 aromatic heterocycles. The first-order valence-corrected chi connectivity index (χ1v) is 8.64. The van der Waals surface area contributed by atoms with Gasteiger partial charge in [0.15, 0.2) is 11.5 Å². The lowest BCUT2D eigenvalue weighted by molar-refractivity contribution is -0.293. The van der Waals surface area contributed by atoms with Gasteiger partial charge in [-0.3, -0.25) is 0 Å². The molecule has 0 fully saturated rings. The van der Waals surface area contributed by atoms with Gasteiger partial charge in [0.25, 0.3) is 0 Å². The summed E-state index contributed by atoms with van der Waals surface area (Å²) in [6.45, 7) is 3.96. The number of nitrogens with two attached hydrogens (primary N) is 1. The topological polar surface area (TPSA) is 53.7 Å². The van der Waals surface area contributed by atoms with Gasteiger partial charge in [-0.2, -0.15) is 0 Å². The van der Waals surface area contributed by atoms with Crippen molar-refractivity contribution in [2.45, 2.75) is 52.2 Å². The van der Waals surface area contributed by atoms with Crippen LogP contribution in [0.2, 0.25) is 0 Å². The molecule has 0 aliphatic rings. The van der Waals surface area contributed by atoms with Crippen molar-refractivity contribution in [2.75, 3.05) is 6.54 Å². The quantitative estimate of drug-likeness (QED) is 0.467. The molecule has 0 aliphatic heterocycles. The Bertz CT molecular complexity index is 687. The van der Waals surface area contributed by atoms with Gasteiger partial charge in [-0.05, 0) is 49.3 Å². The van der Waals surface area contributed by atoms with Gasteiger partial charge >= 0.3 is 19.1 Å². The highest BCUT2D eigenvalue weighted by atomic mass is 19.4. The molecule has 0 radical (unpaired) electrons. The molecule has 2 atom stereocenters. The summed E-state index contributed by atoms with van der Waals surface area (Å²) < 4.78 is 124. The average molecular weight is 457 g/mol. The maximum atomic E-state index is 12.8. The largest absolute Gasteiger partial charge is 0.573 e. The van der Waals surface area contributed by atoms with Crippen LogP contribution >= 0.6 is 0 Å². The lowest BCUT2D eigenvalue weighted by Crippen LogP contribution is -2.24. The van der Waals surface area contributed by atoms with Crippen molar-refractivity contribution in [2.24, 2.45) is 17.6 Å². The molecular weight excluding hydrogens is 437 g/mol. The van der Waals surface area contributed by atoms with Crippen LogP contribution in [0.25, 0.3) is 0 Å². The molecule has 13 heteroatoms. The second kappa shape index (κ2) is 9.84. The van der Waals surface area contributed by atoms with E-state index in [2.05, 4.69) is 14.2 Å². The molecule has 0 bridgehead atoms. The molecular formula is C17H20F9NO3. The summed E-state index contributed by atoms with van der Waals surface area (Å²) in [6, 6.07) is 1.21. The minimum absolute atomic E-state index is 0.0830. The molecule has 30 heavy (non-hydrogen) atoms. The van der Waals surface area contributed by atoms with Crippen LogP contribution < -0.4 is 19.9 Å². The molecule has 1 aromatic carbocycles. The summed E-state index contributed by atoms with van der Waals surface area (Å²) in [5.41, 5.74) is 5.07. The van der Waals surface area contributed by atoms with E-state index in [4.69, 9.17) is 5.73 Å². The van der Waals surface area contributed by atoms with Crippen LogP contribution in [0.4, 0.5) is 39.5 Å². The zero-order valence-corrected chi connectivity index (χ0v) is 15.8. The molecule has 1 rings (SSSR count). The third-order valence-corrected chi connectivity index (χ3v) is 3.93. The number of ether oxygens (including phenoxy) is 3. The van der Waals surface area contributed by atoms with Crippen LogP contribution in [0.3, 0.4) is 0 Å². The number of aryl methyl sites for hydroxylation is 1. The van der Waals surface area contributed by atoms with Crippen LogP contribution in [0, 0.1) is 11.8 Å². The van der Waals surface area contributed by atoms with Gasteiger partial charge in [0.2, 0.25) is 5.75 Å². The van der Waals surface area contributed by atoms with Crippen LogP contribution in [0.1, 0.15) is 32.3 Å². The Kier molecular flexibility index (Phi) is 8.52. The summed E-state index contributed by atoms with van der Waals surface area (Å²) in [5.74, 6) is -5.01. The highest BCUT2D eigenvalue weighted by Gasteiger charge is 2.41. The lowest BCUT2D eigenvalue weighted by atomic mass is 9.92. The third kappa shape index (κ3) is 9.63. The second-order valence-corrected chi connectivity index (χ2v) is 6.74. The maximum absolute atomic E-state index is 12.8. The van der Waals surface area contributed by atoms with Gasteiger partial charge in [-0.1, -0.05) is 19.9 Å². The van der Waals surface area contributed by atoms with Gasteiger partial charge < -0.3 is 19.9 Å². The first-order chi connectivity index (χ1) is 13.5. The van der Waals surface area contributed by atoms with Crippen LogP contribution in [0.15, 0.2) is 12.1 Å². The summed E-state index contributed by atoms with van der Waals surface area (Å²) in [7, 11) is 0. The van der Waals surface area contributed by atoms with Crippen LogP contribution in [-0.4, -0.2) is 25.6 Å². The highest BCUT2D eigenvalue weighted by molar-refractivity contribution is 5.56. The number of hydrogen-bond acceptors (Lipinski definition) is 4. The van der Waals surface area contributed by atoms with E-state index < -0.39 is 41.9 Å². The standard InChI is InChI=1S/C17H20F9NO3/c1-9(7-10(2)8-27)3-4-11-5-6-12(28-15(18,19)20)14(30-17(24,25)26)13(11)29-16(21,22)23/h5-6,9-10H,3-4,7-8,27H2,1-2H3. The molecule has 0 spiro atoms. The predicted octanol–water partition coefficient (Wildman–Crippen LogP) is 5.94. The molecule has 4 nitrogen and oxygen atoms in total. The number of hydrogen-bond donors (Lipinski definition) is 1. The first-order valence-electron chi connectivity index (χ1n) is 8.64. The van der Waals surface area contributed by atoms with Gasteiger partial charge in [0, 0.05) is 0 Å². The normalized spacial score (nSPS) is 14.9. The van der Waals surface area contributed by atoms with E-state index in [0.29, 0.717) is 19.0 Å². The van der Waals surface area contributed by atoms with Crippen molar-refractivity contribution < 1.29 is 53.7 Å². The third-order valence-electron chi connectivity index (χ3n) is 3.93. The number of alkyl halides is 9.